The number of aryl methyl sites for hydroxylation is 1. The minimum atomic E-state index is -0.948. The Hall–Kier alpha value is -3.65. The number of benzene rings is 2. The normalized spacial score (nSPS) is 18.9. The number of methoxy groups -OCH3 is 1. The molecule has 4 aromatic rings. The Morgan fingerprint density at radius 1 is 1.29 bits per heavy atom. The molecule has 0 aliphatic carbocycles. The number of piperidine rings is 1. The van der Waals surface area contributed by atoms with Crippen LogP contribution in [0.1, 0.15) is 52.0 Å². The quantitative estimate of drug-likeness (QED) is 0.417. The van der Waals surface area contributed by atoms with Gasteiger partial charge in [-0.3, -0.25) is 9.58 Å². The fraction of sp³-hybridized carbons (Fsp3) is 0.308. The van der Waals surface area contributed by atoms with Crippen molar-refractivity contribution in [2.45, 2.75) is 38.4 Å². The SMILES string of the molecule is COc1cc(C)c2[nH]ccc2c1CN1CC[C@H](n2cc(F)cn2)C[C@H]1c1ccc(C(=O)O)cc1. The van der Waals surface area contributed by atoms with Gasteiger partial charge in [0.2, 0.25) is 0 Å². The summed E-state index contributed by atoms with van der Waals surface area (Å²) in [5.41, 5.74) is 4.62. The van der Waals surface area contributed by atoms with Crippen LogP contribution >= 0.6 is 0 Å². The van der Waals surface area contributed by atoms with E-state index in [-0.39, 0.29) is 23.5 Å². The van der Waals surface area contributed by atoms with Gasteiger partial charge in [0.25, 0.3) is 0 Å². The van der Waals surface area contributed by atoms with E-state index in [9.17, 15) is 14.3 Å². The second-order valence-electron chi connectivity index (χ2n) is 8.87. The lowest BCUT2D eigenvalue weighted by atomic mass is 9.90. The highest BCUT2D eigenvalue weighted by atomic mass is 19.1. The lowest BCUT2D eigenvalue weighted by Crippen LogP contribution is -2.37. The molecule has 34 heavy (non-hydrogen) atoms. The van der Waals surface area contributed by atoms with Crippen LogP contribution in [0.2, 0.25) is 0 Å². The number of rotatable bonds is 6. The molecule has 2 N–H and O–H groups in total. The number of ether oxygens (including phenoxy) is 1. The molecule has 0 saturated carbocycles. The van der Waals surface area contributed by atoms with Crippen molar-refractivity contribution in [3.63, 3.8) is 0 Å². The van der Waals surface area contributed by atoms with Crippen LogP contribution in [-0.2, 0) is 6.54 Å². The Kier molecular flexibility index (Phi) is 5.83. The lowest BCUT2D eigenvalue weighted by molar-refractivity contribution is 0.0696. The molecule has 1 aliphatic heterocycles. The summed E-state index contributed by atoms with van der Waals surface area (Å²) in [5.74, 6) is -0.443. The van der Waals surface area contributed by atoms with Crippen LogP contribution in [-0.4, -0.2) is 44.4 Å². The first-order valence-corrected chi connectivity index (χ1v) is 11.3. The van der Waals surface area contributed by atoms with Gasteiger partial charge in [-0.15, -0.1) is 0 Å². The molecule has 2 aromatic carbocycles. The molecular formula is C26H27FN4O3. The van der Waals surface area contributed by atoms with Gasteiger partial charge in [0, 0.05) is 41.8 Å². The van der Waals surface area contributed by atoms with Gasteiger partial charge in [-0.05, 0) is 55.2 Å². The third-order valence-electron chi connectivity index (χ3n) is 6.86. The molecule has 0 radical (unpaired) electrons. The maximum Gasteiger partial charge on any atom is 0.335 e. The zero-order valence-corrected chi connectivity index (χ0v) is 19.2. The summed E-state index contributed by atoms with van der Waals surface area (Å²) in [6, 6.07) is 11.2. The topological polar surface area (TPSA) is 83.4 Å². The second-order valence-corrected chi connectivity index (χ2v) is 8.87. The van der Waals surface area contributed by atoms with E-state index in [2.05, 4.69) is 34.0 Å². The average Bonchev–Trinajstić information content (AvgIpc) is 3.51. The highest BCUT2D eigenvalue weighted by Crippen LogP contribution is 2.40. The van der Waals surface area contributed by atoms with Crippen molar-refractivity contribution in [2.24, 2.45) is 0 Å². The number of H-pyrrole nitrogens is 1. The average molecular weight is 463 g/mol. The Morgan fingerprint density at radius 3 is 2.76 bits per heavy atom. The molecule has 3 heterocycles. The predicted octanol–water partition coefficient (Wildman–Crippen LogP) is 5.10. The van der Waals surface area contributed by atoms with Gasteiger partial charge in [0.1, 0.15) is 5.75 Å². The number of nitrogens with one attached hydrogen (secondary N) is 1. The van der Waals surface area contributed by atoms with Crippen LogP contribution in [0.4, 0.5) is 4.39 Å². The summed E-state index contributed by atoms with van der Waals surface area (Å²) < 4.78 is 21.1. The highest BCUT2D eigenvalue weighted by Gasteiger charge is 2.32. The molecule has 1 saturated heterocycles. The number of carboxylic acids is 1. The monoisotopic (exact) mass is 462 g/mol. The van der Waals surface area contributed by atoms with Crippen LogP contribution in [0, 0.1) is 12.7 Å². The van der Waals surface area contributed by atoms with Crippen molar-refractivity contribution >= 4 is 16.9 Å². The minimum absolute atomic E-state index is 0.00820. The lowest BCUT2D eigenvalue weighted by Gasteiger charge is -2.40. The largest absolute Gasteiger partial charge is 0.496 e. The van der Waals surface area contributed by atoms with Gasteiger partial charge in [-0.1, -0.05) is 12.1 Å². The van der Waals surface area contributed by atoms with E-state index in [0.717, 1.165) is 52.7 Å². The van der Waals surface area contributed by atoms with Crippen LogP contribution in [0.5, 0.6) is 5.75 Å². The van der Waals surface area contributed by atoms with Gasteiger partial charge >= 0.3 is 5.97 Å². The molecule has 0 unspecified atom stereocenters. The molecule has 7 nitrogen and oxygen atoms in total. The van der Waals surface area contributed by atoms with Gasteiger partial charge < -0.3 is 14.8 Å². The number of nitrogens with zero attached hydrogens (tertiary/aromatic N) is 3. The zero-order chi connectivity index (χ0) is 23.8. The predicted molar refractivity (Wildman–Crippen MR) is 127 cm³/mol. The van der Waals surface area contributed by atoms with Gasteiger partial charge in [0.05, 0.1) is 31.1 Å². The van der Waals surface area contributed by atoms with Gasteiger partial charge in [-0.2, -0.15) is 5.10 Å². The van der Waals surface area contributed by atoms with E-state index in [4.69, 9.17) is 4.74 Å². The fourth-order valence-electron chi connectivity index (χ4n) is 5.12. The summed E-state index contributed by atoms with van der Waals surface area (Å²) >= 11 is 0. The number of carboxylic acid groups (broad SMARTS) is 1. The number of aromatic carboxylic acids is 1. The van der Waals surface area contributed by atoms with Crippen LogP contribution < -0.4 is 4.74 Å². The molecular weight excluding hydrogens is 435 g/mol. The number of carbonyl (C=O) groups is 1. The number of hydrogen-bond acceptors (Lipinski definition) is 4. The maximum atomic E-state index is 13.7. The fourth-order valence-corrected chi connectivity index (χ4v) is 5.12. The smallest absolute Gasteiger partial charge is 0.335 e. The van der Waals surface area contributed by atoms with Crippen molar-refractivity contribution in [1.29, 1.82) is 0 Å². The Bertz CT molecular complexity index is 1330. The number of fused-ring (bicyclic) bond motifs is 1. The number of halogens is 1. The highest BCUT2D eigenvalue weighted by molar-refractivity contribution is 5.88. The molecule has 1 aliphatic rings. The third kappa shape index (κ3) is 4.05. The molecule has 0 amide bonds. The maximum absolute atomic E-state index is 13.7. The van der Waals surface area contributed by atoms with E-state index in [1.54, 1.807) is 23.9 Å². The molecule has 2 aromatic heterocycles. The summed E-state index contributed by atoms with van der Waals surface area (Å²) in [6.07, 6.45) is 6.19. The molecule has 176 valence electrons. The van der Waals surface area contributed by atoms with E-state index in [1.165, 1.54) is 12.4 Å². The van der Waals surface area contributed by atoms with Crippen molar-refractivity contribution < 1.29 is 19.0 Å². The first-order chi connectivity index (χ1) is 16.4. The summed E-state index contributed by atoms with van der Waals surface area (Å²) in [6.45, 7) is 3.51. The zero-order valence-electron chi connectivity index (χ0n) is 19.2. The standard InChI is InChI=1S/C26H27FN4O3/c1-16-11-24(34-2)22(21-7-9-28-25(16)21)15-30-10-8-20(31-14-19(27)13-29-31)12-23(30)17-3-5-18(6-4-17)26(32)33/h3-7,9,11,13-14,20,23,28H,8,10,12,15H2,1-2H3,(H,32,33)/t20-,23-/m0/s1. The summed E-state index contributed by atoms with van der Waals surface area (Å²) in [7, 11) is 1.69. The van der Waals surface area contributed by atoms with E-state index in [1.807, 2.05) is 18.3 Å². The minimum Gasteiger partial charge on any atom is -0.496 e. The molecule has 5 rings (SSSR count). The number of aromatic amines is 1. The summed E-state index contributed by atoms with van der Waals surface area (Å²) in [5, 5.41) is 14.7. The molecule has 1 fully saturated rings. The third-order valence-corrected chi connectivity index (χ3v) is 6.86. The second kappa shape index (κ2) is 8.95. The van der Waals surface area contributed by atoms with Gasteiger partial charge in [0.15, 0.2) is 5.82 Å². The van der Waals surface area contributed by atoms with Crippen LogP contribution in [0.15, 0.2) is 55.0 Å². The van der Waals surface area contributed by atoms with Crippen molar-refractivity contribution in [1.82, 2.24) is 19.7 Å². The van der Waals surface area contributed by atoms with Crippen LogP contribution in [0.3, 0.4) is 0 Å². The molecule has 2 atom stereocenters. The number of hydrogen-bond donors (Lipinski definition) is 2. The van der Waals surface area contributed by atoms with Crippen LogP contribution in [0.25, 0.3) is 10.9 Å². The van der Waals surface area contributed by atoms with E-state index in [0.29, 0.717) is 6.54 Å². The molecule has 0 spiro atoms. The van der Waals surface area contributed by atoms with Crippen molar-refractivity contribution in [2.75, 3.05) is 13.7 Å². The van der Waals surface area contributed by atoms with Crippen molar-refractivity contribution in [3.05, 3.63) is 83.1 Å². The van der Waals surface area contributed by atoms with E-state index >= 15 is 0 Å². The number of aromatic nitrogens is 3. The first kappa shape index (κ1) is 22.2. The molecule has 0 bridgehead atoms. The Labute approximate surface area is 196 Å². The van der Waals surface area contributed by atoms with Gasteiger partial charge in [-0.25, -0.2) is 9.18 Å². The van der Waals surface area contributed by atoms with Crippen molar-refractivity contribution in [3.8, 4) is 5.75 Å². The summed E-state index contributed by atoms with van der Waals surface area (Å²) in [4.78, 5) is 17.1. The molecule has 8 heteroatoms. The number of likely N-dealkylation sites (tertiary alicyclic amines) is 1. The Balaban J connectivity index is 1.51. The first-order valence-electron chi connectivity index (χ1n) is 11.3. The Morgan fingerprint density at radius 2 is 2.09 bits per heavy atom. The van der Waals surface area contributed by atoms with E-state index < -0.39 is 5.97 Å².